The predicted octanol–water partition coefficient (Wildman–Crippen LogP) is 30.5. The van der Waals surface area contributed by atoms with E-state index >= 15 is 0 Å². The molecule has 0 heterocycles. The highest BCUT2D eigenvalue weighted by molar-refractivity contribution is 6.18. The number of ether oxygens (including phenoxy) is 6. The molecule has 0 fully saturated rings. The molecular formula is C106H156N2O12. The molecule has 662 valence electrons. The van der Waals surface area contributed by atoms with Gasteiger partial charge in [0.15, 0.2) is 0 Å². The number of benzene rings is 5. The molecule has 0 N–H and O–H groups in total. The third-order valence-corrected chi connectivity index (χ3v) is 22.5. The first kappa shape index (κ1) is 102. The summed E-state index contributed by atoms with van der Waals surface area (Å²) < 4.78 is 34.2. The third-order valence-electron chi connectivity index (χ3n) is 22.5. The summed E-state index contributed by atoms with van der Waals surface area (Å²) in [7, 11) is 0. The molecule has 0 aromatic heterocycles. The molecule has 5 rings (SSSR count). The number of hydrogen-bond acceptors (Lipinski definition) is 14. The van der Waals surface area contributed by atoms with Gasteiger partial charge in [0.25, 0.3) is 0 Å². The highest BCUT2D eigenvalue weighted by Gasteiger charge is 2.24. The lowest BCUT2D eigenvalue weighted by atomic mass is 10.0. The van der Waals surface area contributed by atoms with E-state index in [9.17, 15) is 28.8 Å². The molecule has 0 amide bonds. The van der Waals surface area contributed by atoms with Crippen LogP contribution in [0.3, 0.4) is 0 Å². The first-order chi connectivity index (χ1) is 59.0. The molecule has 0 aliphatic rings. The van der Waals surface area contributed by atoms with Crippen LogP contribution in [0.4, 0.5) is 11.4 Å². The Labute approximate surface area is 725 Å². The van der Waals surface area contributed by atoms with Crippen LogP contribution in [0.25, 0.3) is 12.2 Å². The van der Waals surface area contributed by atoms with Gasteiger partial charge in [-0.25, -0.2) is 28.8 Å². The van der Waals surface area contributed by atoms with Gasteiger partial charge in [0.05, 0.1) is 48.9 Å². The summed E-state index contributed by atoms with van der Waals surface area (Å²) in [4.78, 5) is 90.3. The van der Waals surface area contributed by atoms with Gasteiger partial charge < -0.3 is 28.4 Å². The van der Waals surface area contributed by atoms with Gasteiger partial charge in [0.2, 0.25) is 0 Å². The molecule has 0 spiro atoms. The Morgan fingerprint density at radius 1 is 0.225 bits per heavy atom. The largest absolute Gasteiger partial charge is 0.462 e. The zero-order valence-corrected chi connectivity index (χ0v) is 75.1. The van der Waals surface area contributed by atoms with Crippen LogP contribution < -0.4 is 9.47 Å². The van der Waals surface area contributed by atoms with Gasteiger partial charge in [0.1, 0.15) is 22.6 Å². The second kappa shape index (κ2) is 70.3. The van der Waals surface area contributed by atoms with Crippen molar-refractivity contribution in [2.45, 2.75) is 387 Å². The molecule has 0 bridgehead atoms. The smallest absolute Gasteiger partial charge is 0.345 e. The van der Waals surface area contributed by atoms with Crippen LogP contribution >= 0.6 is 0 Å². The number of carbonyl (C=O) groups is 6. The minimum absolute atomic E-state index is 0.170. The molecule has 0 atom stereocenters. The van der Waals surface area contributed by atoms with E-state index in [4.69, 9.17) is 28.4 Å². The van der Waals surface area contributed by atoms with Crippen LogP contribution in [-0.2, 0) is 38.1 Å². The summed E-state index contributed by atoms with van der Waals surface area (Å²) in [6.07, 6.45) is 75.0. The van der Waals surface area contributed by atoms with Gasteiger partial charge in [-0.3, -0.25) is 9.98 Å². The lowest BCUT2D eigenvalue weighted by Crippen LogP contribution is -2.19. The summed E-state index contributed by atoms with van der Waals surface area (Å²) >= 11 is 0. The molecule has 0 aliphatic heterocycles. The zero-order valence-electron chi connectivity index (χ0n) is 75.1. The lowest BCUT2D eigenvalue weighted by Gasteiger charge is -2.10. The maximum Gasteiger partial charge on any atom is 0.345 e. The second-order valence-electron chi connectivity index (χ2n) is 33.2. The van der Waals surface area contributed by atoms with Gasteiger partial charge >= 0.3 is 35.8 Å². The van der Waals surface area contributed by atoms with Gasteiger partial charge in [-0.15, -0.1) is 0 Å². The van der Waals surface area contributed by atoms with Crippen molar-refractivity contribution in [1.29, 1.82) is 0 Å². The van der Waals surface area contributed by atoms with Crippen molar-refractivity contribution in [2.24, 2.45) is 9.98 Å². The summed E-state index contributed by atoms with van der Waals surface area (Å²) in [5, 5.41) is 0. The van der Waals surface area contributed by atoms with Gasteiger partial charge in [-0.1, -0.05) is 386 Å². The van der Waals surface area contributed by atoms with Crippen LogP contribution in [0.15, 0.2) is 142 Å². The highest BCUT2D eigenvalue weighted by atomic mass is 16.6. The Morgan fingerprint density at radius 3 is 0.608 bits per heavy atom. The topological polar surface area (TPSA) is 183 Å². The van der Waals surface area contributed by atoms with Crippen molar-refractivity contribution in [1.82, 2.24) is 0 Å². The second-order valence-corrected chi connectivity index (χ2v) is 33.2. The number of aliphatic imine (C=N–C) groups is 2. The Morgan fingerprint density at radius 2 is 0.408 bits per heavy atom. The zero-order chi connectivity index (χ0) is 85.4. The van der Waals surface area contributed by atoms with E-state index < -0.39 is 35.8 Å². The molecule has 0 saturated heterocycles. The van der Waals surface area contributed by atoms with Crippen LogP contribution in [0.2, 0.25) is 0 Å². The Kier molecular flexibility index (Phi) is 59.9. The maximum atomic E-state index is 13.6. The van der Waals surface area contributed by atoms with E-state index in [1.54, 1.807) is 109 Å². The Balaban J connectivity index is 1.06. The van der Waals surface area contributed by atoms with E-state index in [-0.39, 0.29) is 37.6 Å². The molecule has 14 heteroatoms. The van der Waals surface area contributed by atoms with E-state index in [2.05, 4.69) is 37.7 Å². The summed E-state index contributed by atoms with van der Waals surface area (Å²) in [5.41, 5.74) is 4.33. The first-order valence-corrected chi connectivity index (χ1v) is 48.1. The van der Waals surface area contributed by atoms with E-state index in [1.807, 2.05) is 24.3 Å². The van der Waals surface area contributed by atoms with Gasteiger partial charge in [0, 0.05) is 12.4 Å². The maximum absolute atomic E-state index is 13.6. The Bertz CT molecular complexity index is 3260. The Hall–Kier alpha value is -8.26. The van der Waals surface area contributed by atoms with Crippen LogP contribution in [0.5, 0.6) is 11.5 Å². The normalized spacial score (nSPS) is 11.3. The first-order valence-electron chi connectivity index (χ1n) is 48.1. The van der Waals surface area contributed by atoms with E-state index in [1.165, 1.54) is 295 Å². The van der Waals surface area contributed by atoms with Crippen molar-refractivity contribution >= 4 is 71.8 Å². The van der Waals surface area contributed by atoms with Crippen molar-refractivity contribution in [3.05, 3.63) is 166 Å². The summed E-state index contributed by atoms with van der Waals surface area (Å²) in [6.45, 7) is 9.94. The number of carbonyl (C=O) groups excluding carboxylic acids is 6. The van der Waals surface area contributed by atoms with Gasteiger partial charge in [-0.05, 0) is 157 Å². The number of nitrogens with zero attached hydrogens (tertiary/aromatic N) is 2. The number of hydrogen-bond donors (Lipinski definition) is 0. The van der Waals surface area contributed by atoms with Crippen LogP contribution in [0, 0.1) is 0 Å². The molecule has 5 aromatic carbocycles. The molecule has 0 radical (unpaired) electrons. The molecule has 120 heavy (non-hydrogen) atoms. The fourth-order valence-electron chi connectivity index (χ4n) is 14.8. The number of unbranched alkanes of at least 4 members (excludes halogenated alkanes) is 52. The lowest BCUT2D eigenvalue weighted by molar-refractivity contribution is -0.148. The molecule has 14 nitrogen and oxygen atoms in total. The van der Waals surface area contributed by atoms with Crippen molar-refractivity contribution in [2.75, 3.05) is 26.4 Å². The number of rotatable bonds is 74. The molecule has 5 aromatic rings. The standard InChI is InChI=1S/C106H156N2O12/c1-5-9-13-17-21-25-29-33-37-41-45-49-53-57-81-115-103(111)99(104(112)116-82-58-54-50-46-42-38-34-30-26-22-18-14-10-6-2)85-89-61-69-93(70-62-89)101(109)119-97-77-65-91(66-78-97)87-107-95-73-75-96(76-74-95)108-88-92-67-79-98(80-68-92)120-102(110)94-71-63-90(64-72-94)86-100(105(113)117-83-59-55-51-47-43-39-35-31-27-23-19-15-11-7-3)106(114)118-84-60-56-52-48-44-40-36-32-28-24-20-16-12-8-4/h61-80,85-88H,5-60,81-84H2,1-4H3. The molecule has 0 unspecified atom stereocenters. The average Bonchev–Trinajstić information content (AvgIpc) is 0.856. The molecular weight excluding hydrogens is 1490 g/mol. The monoisotopic (exact) mass is 1650 g/mol. The fourth-order valence-corrected chi connectivity index (χ4v) is 14.8. The van der Waals surface area contributed by atoms with Crippen LogP contribution in [-0.4, -0.2) is 74.7 Å². The highest BCUT2D eigenvalue weighted by Crippen LogP contribution is 2.25. The summed E-state index contributed by atoms with van der Waals surface area (Å²) in [5.74, 6) is -3.27. The number of esters is 6. The van der Waals surface area contributed by atoms with E-state index in [0.29, 0.717) is 45.1 Å². The minimum atomic E-state index is -0.710. The predicted molar refractivity (Wildman–Crippen MR) is 498 cm³/mol. The molecule has 0 saturated carbocycles. The SMILES string of the molecule is CCCCCCCCCCCCCCCCOC(=O)C(=Cc1ccc(C(=O)Oc2ccc(C=Nc3ccc(N=Cc4ccc(OC(=O)c5ccc(C=C(C(=O)OCCCCCCCCCCCCCCCC)C(=O)OCCCCCCCCCCCCCCCC)cc5)cc4)cc3)cc2)cc1)C(=O)OCCCCCCCCCCCCCCCC. The third kappa shape index (κ3) is 50.9. The van der Waals surface area contributed by atoms with Crippen molar-refractivity contribution in [3.63, 3.8) is 0 Å². The minimum Gasteiger partial charge on any atom is -0.462 e. The summed E-state index contributed by atoms with van der Waals surface area (Å²) in [6, 6.07) is 34.6. The van der Waals surface area contributed by atoms with E-state index in [0.717, 1.165) is 88.2 Å². The van der Waals surface area contributed by atoms with Crippen molar-refractivity contribution < 1.29 is 57.2 Å². The quantitative estimate of drug-likeness (QED) is 0.00526. The van der Waals surface area contributed by atoms with Gasteiger partial charge in [-0.2, -0.15) is 0 Å². The molecule has 0 aliphatic carbocycles. The van der Waals surface area contributed by atoms with Crippen molar-refractivity contribution in [3.8, 4) is 11.5 Å². The van der Waals surface area contributed by atoms with Crippen LogP contribution in [0.1, 0.15) is 430 Å². The average molecular weight is 1650 g/mol. The fraction of sp³-hybridized carbons (Fsp3) is 0.604.